The minimum Gasteiger partial charge on any atom is -0.354 e. The van der Waals surface area contributed by atoms with Crippen LogP contribution in [0.25, 0.3) is 0 Å². The number of nitrogens with one attached hydrogen (secondary N) is 2. The maximum absolute atomic E-state index is 12.1. The lowest BCUT2D eigenvalue weighted by Crippen LogP contribution is -2.49. The summed E-state index contributed by atoms with van der Waals surface area (Å²) >= 11 is 0. The van der Waals surface area contributed by atoms with Crippen molar-refractivity contribution in [1.82, 2.24) is 20.4 Å². The average molecular weight is 564 g/mol. The fourth-order valence-corrected chi connectivity index (χ4v) is 4.02. The van der Waals surface area contributed by atoms with Crippen LogP contribution in [0, 0.1) is 0 Å². The fourth-order valence-electron chi connectivity index (χ4n) is 4.02. The van der Waals surface area contributed by atoms with Crippen LogP contribution in [0.5, 0.6) is 0 Å². The zero-order valence-corrected chi connectivity index (χ0v) is 22.5. The van der Waals surface area contributed by atoms with Crippen LogP contribution in [-0.2, 0) is 4.79 Å². The number of nitrogens with zero attached hydrogens (tertiary/aromatic N) is 3. The second kappa shape index (κ2) is 13.5. The molecule has 0 radical (unpaired) electrons. The Morgan fingerprint density at radius 2 is 1.55 bits per heavy atom. The molecule has 1 fully saturated rings. The summed E-state index contributed by atoms with van der Waals surface area (Å²) in [6.45, 7) is 6.60. The van der Waals surface area contributed by atoms with E-state index in [9.17, 15) is 4.79 Å². The molecule has 3 rings (SSSR count). The molecule has 6 nitrogen and oxygen atoms in total. The van der Waals surface area contributed by atoms with Crippen molar-refractivity contribution in [1.29, 1.82) is 0 Å². The van der Waals surface area contributed by atoms with E-state index in [1.54, 1.807) is 19.0 Å². The zero-order chi connectivity index (χ0) is 22.9. The Kier molecular flexibility index (Phi) is 11.1. The molecule has 1 aliphatic heterocycles. The number of guanidine groups is 1. The Bertz CT molecular complexity index is 867. The first-order chi connectivity index (χ1) is 15.4. The first-order valence-corrected chi connectivity index (χ1v) is 11.6. The molecule has 7 heteroatoms. The molecular formula is C26H38IN5O. The first kappa shape index (κ1) is 27.1. The third kappa shape index (κ3) is 8.30. The van der Waals surface area contributed by atoms with Crippen LogP contribution in [0.15, 0.2) is 65.7 Å². The lowest BCUT2D eigenvalue weighted by Gasteiger charge is -2.37. The molecule has 1 amide bonds. The van der Waals surface area contributed by atoms with Gasteiger partial charge in [-0.3, -0.25) is 9.69 Å². The highest BCUT2D eigenvalue weighted by Crippen LogP contribution is 2.24. The molecule has 2 aromatic rings. The molecule has 0 aromatic heterocycles. The van der Waals surface area contributed by atoms with E-state index in [1.807, 2.05) is 18.2 Å². The quantitative estimate of drug-likeness (QED) is 0.301. The number of benzene rings is 2. The van der Waals surface area contributed by atoms with Gasteiger partial charge in [-0.2, -0.15) is 0 Å². The highest BCUT2D eigenvalue weighted by molar-refractivity contribution is 14.0. The Balaban J connectivity index is 0.00000385. The van der Waals surface area contributed by atoms with Gasteiger partial charge in [0.15, 0.2) is 5.96 Å². The Morgan fingerprint density at radius 3 is 2.09 bits per heavy atom. The van der Waals surface area contributed by atoms with E-state index in [1.165, 1.54) is 11.1 Å². The molecule has 33 heavy (non-hydrogen) atoms. The summed E-state index contributed by atoms with van der Waals surface area (Å²) in [6.07, 6.45) is 2.08. The van der Waals surface area contributed by atoms with Crippen LogP contribution in [-0.4, -0.2) is 61.4 Å². The van der Waals surface area contributed by atoms with Crippen molar-refractivity contribution in [2.24, 2.45) is 4.99 Å². The van der Waals surface area contributed by atoms with Gasteiger partial charge in [0.25, 0.3) is 0 Å². The summed E-state index contributed by atoms with van der Waals surface area (Å²) in [4.78, 5) is 20.8. The second-order valence-electron chi connectivity index (χ2n) is 8.77. The lowest BCUT2D eigenvalue weighted by molar-refractivity contribution is -0.127. The van der Waals surface area contributed by atoms with Crippen molar-refractivity contribution in [3.05, 3.63) is 71.8 Å². The number of likely N-dealkylation sites (tertiary alicyclic amines) is 1. The number of likely N-dealkylation sites (N-methyl/N-ethyl adjacent to an activating group) is 1. The van der Waals surface area contributed by atoms with Gasteiger partial charge < -0.3 is 15.5 Å². The fraction of sp³-hybridized carbons (Fsp3) is 0.462. The zero-order valence-electron chi connectivity index (χ0n) is 20.2. The van der Waals surface area contributed by atoms with Gasteiger partial charge in [0, 0.05) is 39.3 Å². The molecule has 180 valence electrons. The SMILES string of the molecule is CC(NC(=NCC(=O)N(C)C)NC1CCN(C(C)c2ccccc2)CC1)c1ccccc1.I. The minimum atomic E-state index is -0.00929. The smallest absolute Gasteiger partial charge is 0.243 e. The molecule has 1 aliphatic rings. The predicted octanol–water partition coefficient (Wildman–Crippen LogP) is 4.21. The molecule has 2 atom stereocenters. The van der Waals surface area contributed by atoms with Gasteiger partial charge in [0.2, 0.25) is 5.91 Å². The first-order valence-electron chi connectivity index (χ1n) is 11.6. The lowest BCUT2D eigenvalue weighted by atomic mass is 10.0. The van der Waals surface area contributed by atoms with Crippen molar-refractivity contribution in [2.45, 2.75) is 44.8 Å². The molecule has 0 bridgehead atoms. The van der Waals surface area contributed by atoms with E-state index in [-0.39, 0.29) is 42.5 Å². The number of hydrogen-bond donors (Lipinski definition) is 2. The number of piperidine rings is 1. The molecule has 0 saturated carbocycles. The van der Waals surface area contributed by atoms with E-state index in [0.717, 1.165) is 25.9 Å². The van der Waals surface area contributed by atoms with Crippen LogP contribution in [0.3, 0.4) is 0 Å². The topological polar surface area (TPSA) is 60.0 Å². The molecule has 1 heterocycles. The van der Waals surface area contributed by atoms with Crippen LogP contribution in [0.1, 0.15) is 49.9 Å². The maximum atomic E-state index is 12.1. The predicted molar refractivity (Wildman–Crippen MR) is 147 cm³/mol. The second-order valence-corrected chi connectivity index (χ2v) is 8.77. The van der Waals surface area contributed by atoms with Crippen molar-refractivity contribution in [3.8, 4) is 0 Å². The monoisotopic (exact) mass is 563 g/mol. The molecular weight excluding hydrogens is 525 g/mol. The van der Waals surface area contributed by atoms with Crippen LogP contribution >= 0.6 is 24.0 Å². The Labute approximate surface area is 215 Å². The van der Waals surface area contributed by atoms with Gasteiger partial charge >= 0.3 is 0 Å². The Hall–Kier alpha value is -2.13. The van der Waals surface area contributed by atoms with E-state index < -0.39 is 0 Å². The highest BCUT2D eigenvalue weighted by atomic mass is 127. The number of rotatable bonds is 7. The molecule has 1 saturated heterocycles. The summed E-state index contributed by atoms with van der Waals surface area (Å²) in [6, 6.07) is 21.8. The van der Waals surface area contributed by atoms with Crippen molar-refractivity contribution >= 4 is 35.8 Å². The van der Waals surface area contributed by atoms with Crippen molar-refractivity contribution in [3.63, 3.8) is 0 Å². The Morgan fingerprint density at radius 1 is 1.00 bits per heavy atom. The summed E-state index contributed by atoms with van der Waals surface area (Å²) < 4.78 is 0. The molecule has 2 unspecified atom stereocenters. The van der Waals surface area contributed by atoms with Crippen molar-refractivity contribution in [2.75, 3.05) is 33.7 Å². The third-order valence-corrected chi connectivity index (χ3v) is 6.22. The normalized spacial score (nSPS) is 16.9. The minimum absolute atomic E-state index is 0. The van der Waals surface area contributed by atoms with E-state index >= 15 is 0 Å². The van der Waals surface area contributed by atoms with Gasteiger partial charge in [-0.15, -0.1) is 24.0 Å². The number of aliphatic imine (C=N–C) groups is 1. The summed E-state index contributed by atoms with van der Waals surface area (Å²) in [5.41, 5.74) is 2.55. The number of carbonyl (C=O) groups is 1. The van der Waals surface area contributed by atoms with Gasteiger partial charge in [0.1, 0.15) is 6.54 Å². The third-order valence-electron chi connectivity index (χ3n) is 6.22. The summed E-state index contributed by atoms with van der Waals surface area (Å²) in [7, 11) is 3.52. The standard InChI is InChI=1S/C26H37N5O.HI/c1-20(22-11-7-5-8-12-22)28-26(27-19-25(32)30(3)4)29-24-15-17-31(18-16-24)21(2)23-13-9-6-10-14-23;/h5-14,20-21,24H,15-19H2,1-4H3,(H2,27,28,29);1H. The van der Waals surface area contributed by atoms with Gasteiger partial charge in [-0.05, 0) is 37.8 Å². The van der Waals surface area contributed by atoms with Gasteiger partial charge in [0.05, 0.1) is 6.04 Å². The van der Waals surface area contributed by atoms with Gasteiger partial charge in [-0.1, -0.05) is 60.7 Å². The van der Waals surface area contributed by atoms with Crippen LogP contribution < -0.4 is 10.6 Å². The van der Waals surface area contributed by atoms with E-state index in [0.29, 0.717) is 18.0 Å². The average Bonchev–Trinajstić information content (AvgIpc) is 2.83. The number of amides is 1. The molecule has 2 aromatic carbocycles. The maximum Gasteiger partial charge on any atom is 0.243 e. The van der Waals surface area contributed by atoms with Crippen LogP contribution in [0.2, 0.25) is 0 Å². The van der Waals surface area contributed by atoms with Crippen LogP contribution in [0.4, 0.5) is 0 Å². The summed E-state index contributed by atoms with van der Waals surface area (Å²) in [5, 5.41) is 7.08. The number of hydrogen-bond acceptors (Lipinski definition) is 3. The van der Waals surface area contributed by atoms with E-state index in [2.05, 4.69) is 76.8 Å². The summed E-state index contributed by atoms with van der Waals surface area (Å²) in [5.74, 6) is 0.691. The molecule has 2 N–H and O–H groups in total. The largest absolute Gasteiger partial charge is 0.354 e. The number of carbonyl (C=O) groups excluding carboxylic acids is 1. The van der Waals surface area contributed by atoms with Crippen molar-refractivity contribution < 1.29 is 4.79 Å². The van der Waals surface area contributed by atoms with E-state index in [4.69, 9.17) is 0 Å². The highest BCUT2D eigenvalue weighted by Gasteiger charge is 2.24. The van der Waals surface area contributed by atoms with Gasteiger partial charge in [-0.25, -0.2) is 4.99 Å². The molecule has 0 aliphatic carbocycles. The molecule has 0 spiro atoms. The number of halogens is 1.